The average molecular weight is 289 g/mol. The van der Waals surface area contributed by atoms with Crippen LogP contribution in [0.4, 0.5) is 5.69 Å². The van der Waals surface area contributed by atoms with Crippen molar-refractivity contribution < 1.29 is 19.9 Å². The fourth-order valence-corrected chi connectivity index (χ4v) is 1.77. The number of nitrogens with zero attached hydrogens (tertiary/aromatic N) is 1. The molecule has 4 N–H and O–H groups in total. The van der Waals surface area contributed by atoms with Gasteiger partial charge >= 0.3 is 0 Å². The van der Waals surface area contributed by atoms with Crippen LogP contribution in [0, 0.1) is 10.1 Å². The van der Waals surface area contributed by atoms with E-state index >= 15 is 0 Å². The lowest BCUT2D eigenvalue weighted by molar-refractivity contribution is -0.385. The van der Waals surface area contributed by atoms with Crippen LogP contribution >= 0.6 is 11.6 Å². The van der Waals surface area contributed by atoms with Crippen molar-refractivity contribution in [3.05, 3.63) is 39.4 Å². The van der Waals surface area contributed by atoms with Crippen LogP contribution in [0.25, 0.3) is 0 Å². The number of amides is 1. The summed E-state index contributed by atoms with van der Waals surface area (Å²) in [7, 11) is 0. The molecule has 0 bridgehead atoms. The molecule has 0 saturated carbocycles. The molecule has 0 aromatic heterocycles. The number of carbonyl (C=O) groups is 1. The van der Waals surface area contributed by atoms with Crippen LogP contribution < -0.4 is 5.73 Å². The Morgan fingerprint density at radius 1 is 1.42 bits per heavy atom. The zero-order valence-corrected chi connectivity index (χ0v) is 10.6. The Labute approximate surface area is 113 Å². The number of aliphatic hydroxyl groups excluding tert-OH is 2. The number of rotatable bonds is 6. The fourth-order valence-electron chi connectivity index (χ4n) is 1.54. The summed E-state index contributed by atoms with van der Waals surface area (Å²) in [5, 5.41) is 30.2. The number of non-ortho nitro benzene ring substituents is 1. The monoisotopic (exact) mass is 288 g/mol. The highest BCUT2D eigenvalue weighted by molar-refractivity contribution is 6.17. The summed E-state index contributed by atoms with van der Waals surface area (Å²) in [4.78, 5) is 21.1. The number of benzene rings is 1. The van der Waals surface area contributed by atoms with Crippen LogP contribution in [0.2, 0.25) is 0 Å². The number of nitro benzene ring substituents is 1. The van der Waals surface area contributed by atoms with E-state index in [4.69, 9.17) is 17.3 Å². The van der Waals surface area contributed by atoms with Crippen molar-refractivity contribution >= 4 is 23.2 Å². The number of primary amides is 1. The van der Waals surface area contributed by atoms with Crippen molar-refractivity contribution in [1.29, 1.82) is 0 Å². The van der Waals surface area contributed by atoms with Crippen molar-refractivity contribution in [2.45, 2.75) is 18.6 Å². The molecule has 0 aliphatic rings. The minimum atomic E-state index is -1.38. The minimum absolute atomic E-state index is 0.0422. The van der Waals surface area contributed by atoms with Crippen LogP contribution in [0.15, 0.2) is 18.2 Å². The highest BCUT2D eigenvalue weighted by atomic mass is 35.5. The molecule has 0 aliphatic heterocycles. The molecule has 1 aromatic carbocycles. The molecule has 1 aromatic rings. The molecular formula is C11H13ClN2O5. The van der Waals surface area contributed by atoms with Crippen molar-refractivity contribution in [2.24, 2.45) is 5.73 Å². The number of aliphatic hydroxyl groups is 2. The summed E-state index contributed by atoms with van der Waals surface area (Å²) in [5.41, 5.74) is 4.61. The number of halogens is 1. The van der Waals surface area contributed by atoms with Crippen LogP contribution in [0.5, 0.6) is 0 Å². The first kappa shape index (κ1) is 15.4. The number of nitrogens with two attached hydrogens (primary N) is 1. The van der Waals surface area contributed by atoms with Gasteiger partial charge in [-0.15, -0.1) is 11.6 Å². The van der Waals surface area contributed by atoms with Crippen molar-refractivity contribution in [2.75, 3.05) is 5.88 Å². The van der Waals surface area contributed by atoms with E-state index in [2.05, 4.69) is 0 Å². The van der Waals surface area contributed by atoms with E-state index in [0.29, 0.717) is 0 Å². The largest absolute Gasteiger partial charge is 0.390 e. The predicted molar refractivity (Wildman–Crippen MR) is 67.9 cm³/mol. The van der Waals surface area contributed by atoms with E-state index in [1.807, 2.05) is 0 Å². The molecule has 0 fully saturated rings. The lowest BCUT2D eigenvalue weighted by Gasteiger charge is -2.17. The number of alkyl halides is 1. The minimum Gasteiger partial charge on any atom is -0.390 e. The topological polar surface area (TPSA) is 127 Å². The van der Waals surface area contributed by atoms with Gasteiger partial charge in [0.25, 0.3) is 5.69 Å². The van der Waals surface area contributed by atoms with Gasteiger partial charge < -0.3 is 15.9 Å². The van der Waals surface area contributed by atoms with Crippen molar-refractivity contribution in [1.82, 2.24) is 0 Å². The smallest absolute Gasteiger partial charge is 0.270 e. The maximum atomic E-state index is 11.1. The quantitative estimate of drug-likeness (QED) is 0.404. The van der Waals surface area contributed by atoms with Crippen LogP contribution in [-0.4, -0.2) is 33.0 Å². The summed E-state index contributed by atoms with van der Waals surface area (Å²) >= 11 is 5.44. The van der Waals surface area contributed by atoms with Gasteiger partial charge in [0.05, 0.1) is 11.0 Å². The lowest BCUT2D eigenvalue weighted by Crippen LogP contribution is -2.20. The zero-order valence-electron chi connectivity index (χ0n) is 9.82. The van der Waals surface area contributed by atoms with Gasteiger partial charge in [-0.1, -0.05) is 0 Å². The molecule has 104 valence electrons. The number of nitro groups is 1. The Morgan fingerprint density at radius 2 is 2.05 bits per heavy atom. The van der Waals surface area contributed by atoms with Crippen LogP contribution in [-0.2, 0) is 0 Å². The first-order valence-electron chi connectivity index (χ1n) is 5.38. The maximum absolute atomic E-state index is 11.1. The normalized spacial score (nSPS) is 13.8. The summed E-state index contributed by atoms with van der Waals surface area (Å²) in [5.74, 6) is -0.737. The predicted octanol–water partition coefficient (Wildman–Crippen LogP) is 0.717. The van der Waals surface area contributed by atoms with Gasteiger partial charge in [-0.3, -0.25) is 14.9 Å². The summed E-state index contributed by atoms with van der Waals surface area (Å²) in [6, 6.07) is 3.29. The highest BCUT2D eigenvalue weighted by Gasteiger charge is 2.22. The van der Waals surface area contributed by atoms with E-state index in [-0.39, 0.29) is 29.1 Å². The standard InChI is InChI=1S/C11H13ClN2O5/c12-2-1-9(15)10(16)6-3-7(11(13)17)5-8(4-6)14(18)19/h3-5,9-10,15-16H,1-2H2,(H2,13,17). The average Bonchev–Trinajstić information content (AvgIpc) is 2.37. The van der Waals surface area contributed by atoms with Crippen molar-refractivity contribution in [3.8, 4) is 0 Å². The molecule has 1 amide bonds. The first-order valence-corrected chi connectivity index (χ1v) is 5.91. The Morgan fingerprint density at radius 3 is 2.53 bits per heavy atom. The molecule has 0 aliphatic carbocycles. The van der Waals surface area contributed by atoms with Gasteiger partial charge in [0.2, 0.25) is 5.91 Å². The molecule has 0 saturated heterocycles. The Balaban J connectivity index is 3.19. The third kappa shape index (κ3) is 3.88. The molecule has 8 heteroatoms. The van der Waals surface area contributed by atoms with E-state index in [0.717, 1.165) is 12.1 Å². The maximum Gasteiger partial charge on any atom is 0.270 e. The van der Waals surface area contributed by atoms with Gasteiger partial charge in [-0.05, 0) is 18.1 Å². The number of carbonyl (C=O) groups excluding carboxylic acids is 1. The lowest BCUT2D eigenvalue weighted by atomic mass is 9.99. The van der Waals surface area contributed by atoms with Gasteiger partial charge in [0.15, 0.2) is 0 Å². The second-order valence-electron chi connectivity index (χ2n) is 3.92. The second-order valence-corrected chi connectivity index (χ2v) is 4.30. The zero-order chi connectivity index (χ0) is 14.6. The van der Waals surface area contributed by atoms with Crippen LogP contribution in [0.3, 0.4) is 0 Å². The number of hydrogen-bond acceptors (Lipinski definition) is 5. The van der Waals surface area contributed by atoms with E-state index < -0.39 is 23.0 Å². The van der Waals surface area contributed by atoms with E-state index in [1.165, 1.54) is 6.07 Å². The summed E-state index contributed by atoms with van der Waals surface area (Å²) in [6.07, 6.45) is -2.45. The van der Waals surface area contributed by atoms with Gasteiger partial charge in [0.1, 0.15) is 6.10 Å². The fraction of sp³-hybridized carbons (Fsp3) is 0.364. The molecule has 2 unspecified atom stereocenters. The molecule has 0 radical (unpaired) electrons. The summed E-state index contributed by atoms with van der Waals surface area (Å²) < 4.78 is 0. The highest BCUT2D eigenvalue weighted by Crippen LogP contribution is 2.25. The SMILES string of the molecule is NC(=O)c1cc(C(O)C(O)CCCl)cc([N+](=O)[O-])c1. The van der Waals surface area contributed by atoms with Gasteiger partial charge in [0, 0.05) is 23.6 Å². The third-order valence-corrected chi connectivity index (χ3v) is 2.76. The van der Waals surface area contributed by atoms with E-state index in [9.17, 15) is 25.1 Å². The molecule has 0 spiro atoms. The Kier molecular flexibility index (Phi) is 5.22. The first-order chi connectivity index (χ1) is 8.86. The Hall–Kier alpha value is -1.70. The second kappa shape index (κ2) is 6.46. The van der Waals surface area contributed by atoms with Gasteiger partial charge in [-0.2, -0.15) is 0 Å². The number of hydrogen-bond donors (Lipinski definition) is 3. The molecule has 2 atom stereocenters. The van der Waals surface area contributed by atoms with Crippen molar-refractivity contribution in [3.63, 3.8) is 0 Å². The van der Waals surface area contributed by atoms with E-state index in [1.54, 1.807) is 0 Å². The summed E-state index contributed by atoms with van der Waals surface area (Å²) in [6.45, 7) is 0. The molecule has 19 heavy (non-hydrogen) atoms. The molecule has 1 rings (SSSR count). The third-order valence-electron chi connectivity index (χ3n) is 2.55. The van der Waals surface area contributed by atoms with Gasteiger partial charge in [-0.25, -0.2) is 0 Å². The molecule has 0 heterocycles. The molecule has 7 nitrogen and oxygen atoms in total. The molecular weight excluding hydrogens is 276 g/mol. The van der Waals surface area contributed by atoms with Crippen LogP contribution in [0.1, 0.15) is 28.4 Å². The Bertz CT molecular complexity index is 462.